The maximum Gasteiger partial charge on any atom is 0.295 e. The van der Waals surface area contributed by atoms with Crippen LogP contribution in [0.25, 0.3) is 10.9 Å². The van der Waals surface area contributed by atoms with Crippen molar-refractivity contribution in [1.29, 1.82) is 0 Å². The number of pyridine rings is 1. The summed E-state index contributed by atoms with van der Waals surface area (Å²) in [5.74, 6) is -0.322. The number of nitro groups is 1. The number of non-ortho nitro benzene ring substituents is 1. The molecule has 2 atom stereocenters. The van der Waals surface area contributed by atoms with Crippen LogP contribution in [0, 0.1) is 10.1 Å². The van der Waals surface area contributed by atoms with Crippen molar-refractivity contribution in [3.63, 3.8) is 0 Å². The van der Waals surface area contributed by atoms with Crippen LogP contribution >= 0.6 is 0 Å². The number of hydrogen-bond acceptors (Lipinski definition) is 6. The summed E-state index contributed by atoms with van der Waals surface area (Å²) in [7, 11) is 0. The Balaban J connectivity index is 1.72. The molecule has 8 heteroatoms. The number of anilines is 1. The fourth-order valence-electron chi connectivity index (χ4n) is 2.75. The molecular formula is C17H19N3O5. The van der Waals surface area contributed by atoms with E-state index in [0.717, 1.165) is 19.4 Å². The SMILES string of the molecule is CC(OCC1CCCO1)C(=O)Nc1ccc([N+](=O)[O-])c2ncccc12. The summed E-state index contributed by atoms with van der Waals surface area (Å²) in [6.07, 6.45) is 2.81. The third kappa shape index (κ3) is 3.92. The number of nitro benzene ring substituents is 1. The number of benzene rings is 1. The minimum absolute atomic E-state index is 0.0413. The Morgan fingerprint density at radius 2 is 2.36 bits per heavy atom. The van der Waals surface area contributed by atoms with E-state index in [4.69, 9.17) is 9.47 Å². The van der Waals surface area contributed by atoms with E-state index >= 15 is 0 Å². The van der Waals surface area contributed by atoms with E-state index < -0.39 is 11.0 Å². The van der Waals surface area contributed by atoms with Crippen molar-refractivity contribution in [2.24, 2.45) is 0 Å². The van der Waals surface area contributed by atoms with E-state index in [0.29, 0.717) is 17.7 Å². The van der Waals surface area contributed by atoms with Crippen LogP contribution in [0.1, 0.15) is 19.8 Å². The standard InChI is InChI=1S/C17H19N3O5/c1-11(25-10-12-4-3-9-24-12)17(21)19-14-6-7-15(20(22)23)16-13(14)5-2-8-18-16/h2,5-8,11-12H,3-4,9-10H2,1H3,(H,19,21). The Hall–Kier alpha value is -2.58. The Labute approximate surface area is 144 Å². The number of nitrogens with one attached hydrogen (secondary N) is 1. The second kappa shape index (κ2) is 7.54. The summed E-state index contributed by atoms with van der Waals surface area (Å²) >= 11 is 0. The highest BCUT2D eigenvalue weighted by atomic mass is 16.6. The number of nitrogens with zero attached hydrogens (tertiary/aromatic N) is 2. The van der Waals surface area contributed by atoms with Gasteiger partial charge in [-0.15, -0.1) is 0 Å². The maximum atomic E-state index is 12.3. The number of ether oxygens (including phenoxy) is 2. The van der Waals surface area contributed by atoms with Gasteiger partial charge < -0.3 is 14.8 Å². The molecule has 1 aromatic heterocycles. The predicted molar refractivity (Wildman–Crippen MR) is 91.4 cm³/mol. The van der Waals surface area contributed by atoms with E-state index in [1.807, 2.05) is 0 Å². The van der Waals surface area contributed by atoms with Gasteiger partial charge in [-0.3, -0.25) is 14.9 Å². The molecule has 2 heterocycles. The molecule has 0 saturated carbocycles. The fourth-order valence-corrected chi connectivity index (χ4v) is 2.75. The molecule has 1 saturated heterocycles. The summed E-state index contributed by atoms with van der Waals surface area (Å²) in [5.41, 5.74) is 0.598. The fraction of sp³-hybridized carbons (Fsp3) is 0.412. The lowest BCUT2D eigenvalue weighted by atomic mass is 10.1. The number of aromatic nitrogens is 1. The zero-order chi connectivity index (χ0) is 17.8. The highest BCUT2D eigenvalue weighted by Crippen LogP contribution is 2.29. The number of hydrogen-bond donors (Lipinski definition) is 1. The molecule has 1 aromatic carbocycles. The van der Waals surface area contributed by atoms with Gasteiger partial charge in [-0.05, 0) is 38.0 Å². The van der Waals surface area contributed by atoms with Crippen LogP contribution in [-0.4, -0.2) is 41.2 Å². The minimum Gasteiger partial charge on any atom is -0.376 e. The molecule has 1 fully saturated rings. The van der Waals surface area contributed by atoms with Gasteiger partial charge in [0.1, 0.15) is 11.6 Å². The minimum atomic E-state index is -0.661. The summed E-state index contributed by atoms with van der Waals surface area (Å²) < 4.78 is 11.0. The smallest absolute Gasteiger partial charge is 0.295 e. The van der Waals surface area contributed by atoms with Crippen molar-refractivity contribution in [3.05, 3.63) is 40.6 Å². The molecule has 1 amide bonds. The van der Waals surface area contributed by atoms with Crippen LogP contribution in [0.5, 0.6) is 0 Å². The molecular weight excluding hydrogens is 326 g/mol. The van der Waals surface area contributed by atoms with Crippen LogP contribution in [0.3, 0.4) is 0 Å². The first kappa shape index (κ1) is 17.2. The maximum absolute atomic E-state index is 12.3. The van der Waals surface area contributed by atoms with Gasteiger partial charge in [0.2, 0.25) is 0 Å². The molecule has 0 radical (unpaired) electrons. The van der Waals surface area contributed by atoms with Gasteiger partial charge in [0.15, 0.2) is 0 Å². The van der Waals surface area contributed by atoms with E-state index in [1.165, 1.54) is 18.3 Å². The first-order valence-electron chi connectivity index (χ1n) is 8.12. The highest BCUT2D eigenvalue weighted by molar-refractivity contribution is 6.04. The lowest BCUT2D eigenvalue weighted by Gasteiger charge is -2.16. The van der Waals surface area contributed by atoms with Crippen molar-refractivity contribution in [1.82, 2.24) is 4.98 Å². The molecule has 8 nitrogen and oxygen atoms in total. The molecule has 1 N–H and O–H groups in total. The van der Waals surface area contributed by atoms with E-state index in [9.17, 15) is 14.9 Å². The zero-order valence-electron chi connectivity index (χ0n) is 13.8. The van der Waals surface area contributed by atoms with E-state index in [2.05, 4.69) is 10.3 Å². The van der Waals surface area contributed by atoms with Crippen molar-refractivity contribution in [2.45, 2.75) is 32.0 Å². The number of rotatable bonds is 6. The average Bonchev–Trinajstić information content (AvgIpc) is 3.13. The number of amides is 1. The van der Waals surface area contributed by atoms with Crippen LogP contribution < -0.4 is 5.32 Å². The Bertz CT molecular complexity index is 789. The molecule has 132 valence electrons. The monoisotopic (exact) mass is 345 g/mol. The summed E-state index contributed by atoms with van der Waals surface area (Å²) in [6, 6.07) is 6.19. The largest absolute Gasteiger partial charge is 0.376 e. The first-order chi connectivity index (χ1) is 12.1. The molecule has 1 aliphatic rings. The molecule has 0 aliphatic carbocycles. The van der Waals surface area contributed by atoms with Crippen molar-refractivity contribution >= 4 is 28.2 Å². The Morgan fingerprint density at radius 1 is 1.52 bits per heavy atom. The predicted octanol–water partition coefficient (Wildman–Crippen LogP) is 2.67. The summed E-state index contributed by atoms with van der Waals surface area (Å²) in [4.78, 5) is 27.0. The topological polar surface area (TPSA) is 104 Å². The van der Waals surface area contributed by atoms with E-state index in [-0.39, 0.29) is 23.2 Å². The van der Waals surface area contributed by atoms with Gasteiger partial charge in [0.05, 0.1) is 23.3 Å². The first-order valence-corrected chi connectivity index (χ1v) is 8.12. The van der Waals surface area contributed by atoms with Crippen LogP contribution in [0.4, 0.5) is 11.4 Å². The lowest BCUT2D eigenvalue weighted by molar-refractivity contribution is -0.383. The van der Waals surface area contributed by atoms with Crippen LogP contribution in [0.15, 0.2) is 30.5 Å². The van der Waals surface area contributed by atoms with E-state index in [1.54, 1.807) is 19.1 Å². The Morgan fingerprint density at radius 3 is 3.08 bits per heavy atom. The van der Waals surface area contributed by atoms with Gasteiger partial charge in [-0.2, -0.15) is 0 Å². The van der Waals surface area contributed by atoms with Gasteiger partial charge in [0, 0.05) is 24.3 Å². The van der Waals surface area contributed by atoms with Crippen LogP contribution in [0.2, 0.25) is 0 Å². The molecule has 1 aliphatic heterocycles. The third-order valence-electron chi connectivity index (χ3n) is 4.13. The average molecular weight is 345 g/mol. The molecule has 0 bridgehead atoms. The Kier molecular flexibility index (Phi) is 5.20. The van der Waals surface area contributed by atoms with Crippen molar-refractivity contribution in [2.75, 3.05) is 18.5 Å². The van der Waals surface area contributed by atoms with Gasteiger partial charge >= 0.3 is 0 Å². The zero-order valence-corrected chi connectivity index (χ0v) is 13.8. The van der Waals surface area contributed by atoms with Crippen molar-refractivity contribution < 1.29 is 19.2 Å². The molecule has 2 unspecified atom stereocenters. The second-order valence-corrected chi connectivity index (χ2v) is 5.89. The second-order valence-electron chi connectivity index (χ2n) is 5.89. The van der Waals surface area contributed by atoms with Gasteiger partial charge in [-0.1, -0.05) is 0 Å². The quantitative estimate of drug-likeness (QED) is 0.637. The normalized spacial score (nSPS) is 18.2. The molecule has 3 rings (SSSR count). The van der Waals surface area contributed by atoms with Gasteiger partial charge in [0.25, 0.3) is 11.6 Å². The van der Waals surface area contributed by atoms with Crippen LogP contribution in [-0.2, 0) is 14.3 Å². The molecule has 2 aromatic rings. The van der Waals surface area contributed by atoms with Crippen molar-refractivity contribution in [3.8, 4) is 0 Å². The summed E-state index contributed by atoms with van der Waals surface area (Å²) in [6.45, 7) is 2.77. The van der Waals surface area contributed by atoms with Gasteiger partial charge in [-0.25, -0.2) is 4.98 Å². The molecule has 0 spiro atoms. The highest BCUT2D eigenvalue weighted by Gasteiger charge is 2.21. The number of fused-ring (bicyclic) bond motifs is 1. The third-order valence-corrected chi connectivity index (χ3v) is 4.13. The number of carbonyl (C=O) groups excluding carboxylic acids is 1. The molecule has 25 heavy (non-hydrogen) atoms. The lowest BCUT2D eigenvalue weighted by Crippen LogP contribution is -2.30. The summed E-state index contributed by atoms with van der Waals surface area (Å²) in [5, 5.41) is 14.4. The number of carbonyl (C=O) groups is 1.